The lowest BCUT2D eigenvalue weighted by Crippen LogP contribution is -2.45. The lowest BCUT2D eigenvalue weighted by molar-refractivity contribution is 0.0930. The minimum absolute atomic E-state index is 0. The smallest absolute Gasteiger partial charge is 0.253 e. The van der Waals surface area contributed by atoms with E-state index in [0.29, 0.717) is 5.56 Å². The number of pyridine rings is 1. The van der Waals surface area contributed by atoms with Crippen molar-refractivity contribution in [1.29, 1.82) is 0 Å². The Bertz CT molecular complexity index is 467. The van der Waals surface area contributed by atoms with E-state index in [-0.39, 0.29) is 29.9 Å². The van der Waals surface area contributed by atoms with E-state index in [0.717, 1.165) is 25.9 Å². The Balaban J connectivity index is 0.00000162. The number of nitrogens with zero attached hydrogens (tertiary/aromatic N) is 1. The monoisotopic (exact) mass is 271 g/mol. The summed E-state index contributed by atoms with van der Waals surface area (Å²) in [6.07, 6.45) is 3.65. The average molecular weight is 272 g/mol. The second-order valence-corrected chi connectivity index (χ2v) is 4.38. The SMILES string of the molecule is Cl.Cn1cc(C(=O)N[C@H]2CCCNC2)ccc1=O. The van der Waals surface area contributed by atoms with Crippen LogP contribution in [0.2, 0.25) is 0 Å². The summed E-state index contributed by atoms with van der Waals surface area (Å²) >= 11 is 0. The summed E-state index contributed by atoms with van der Waals surface area (Å²) in [4.78, 5) is 23.1. The molecule has 0 aromatic carbocycles. The number of aryl methyl sites for hydroxylation is 1. The second-order valence-electron chi connectivity index (χ2n) is 4.38. The molecule has 0 saturated carbocycles. The summed E-state index contributed by atoms with van der Waals surface area (Å²) in [5, 5.41) is 6.21. The van der Waals surface area contributed by atoms with Gasteiger partial charge in [0.2, 0.25) is 5.56 Å². The third-order valence-corrected chi connectivity index (χ3v) is 2.98. The van der Waals surface area contributed by atoms with Crippen LogP contribution in [0.25, 0.3) is 0 Å². The van der Waals surface area contributed by atoms with E-state index in [9.17, 15) is 9.59 Å². The van der Waals surface area contributed by atoms with Gasteiger partial charge in [0.25, 0.3) is 5.91 Å². The highest BCUT2D eigenvalue weighted by Gasteiger charge is 2.16. The van der Waals surface area contributed by atoms with E-state index in [2.05, 4.69) is 10.6 Å². The third-order valence-electron chi connectivity index (χ3n) is 2.98. The van der Waals surface area contributed by atoms with Gasteiger partial charge in [0.05, 0.1) is 5.56 Å². The van der Waals surface area contributed by atoms with Gasteiger partial charge in [0.15, 0.2) is 0 Å². The fourth-order valence-corrected chi connectivity index (χ4v) is 1.97. The van der Waals surface area contributed by atoms with E-state index in [1.807, 2.05) is 0 Å². The van der Waals surface area contributed by atoms with Gasteiger partial charge in [-0.15, -0.1) is 12.4 Å². The summed E-state index contributed by atoms with van der Waals surface area (Å²) in [6, 6.07) is 3.16. The number of amides is 1. The number of hydrogen-bond donors (Lipinski definition) is 2. The Kier molecular flexibility index (Phi) is 5.37. The first-order valence-electron chi connectivity index (χ1n) is 5.85. The minimum atomic E-state index is -0.116. The molecule has 1 aliphatic heterocycles. The zero-order chi connectivity index (χ0) is 12.3. The van der Waals surface area contributed by atoms with Crippen molar-refractivity contribution in [2.75, 3.05) is 13.1 Å². The average Bonchev–Trinajstić information content (AvgIpc) is 2.34. The van der Waals surface area contributed by atoms with Crippen molar-refractivity contribution in [3.63, 3.8) is 0 Å². The van der Waals surface area contributed by atoms with Crippen molar-refractivity contribution < 1.29 is 4.79 Å². The second kappa shape index (κ2) is 6.56. The van der Waals surface area contributed by atoms with Crippen LogP contribution in [0.5, 0.6) is 0 Å². The molecule has 5 nitrogen and oxygen atoms in total. The molecule has 6 heteroatoms. The number of hydrogen-bond acceptors (Lipinski definition) is 3. The van der Waals surface area contributed by atoms with Crippen molar-refractivity contribution in [1.82, 2.24) is 15.2 Å². The molecule has 0 radical (unpaired) electrons. The van der Waals surface area contributed by atoms with Gasteiger partial charge in [-0.2, -0.15) is 0 Å². The molecule has 0 aliphatic carbocycles. The van der Waals surface area contributed by atoms with Gasteiger partial charge in [-0.25, -0.2) is 0 Å². The summed E-state index contributed by atoms with van der Waals surface area (Å²) in [5.41, 5.74) is 0.415. The van der Waals surface area contributed by atoms with Crippen LogP contribution in [0, 0.1) is 0 Å². The van der Waals surface area contributed by atoms with Crippen LogP contribution < -0.4 is 16.2 Å². The van der Waals surface area contributed by atoms with Gasteiger partial charge in [-0.3, -0.25) is 9.59 Å². The molecule has 18 heavy (non-hydrogen) atoms. The minimum Gasteiger partial charge on any atom is -0.348 e. The Labute approximate surface area is 112 Å². The lowest BCUT2D eigenvalue weighted by Gasteiger charge is -2.23. The molecule has 2 rings (SSSR count). The molecule has 0 unspecified atom stereocenters. The lowest BCUT2D eigenvalue weighted by atomic mass is 10.1. The predicted molar refractivity (Wildman–Crippen MR) is 72.3 cm³/mol. The number of rotatable bonds is 2. The number of nitrogens with one attached hydrogen (secondary N) is 2. The van der Waals surface area contributed by atoms with Gasteiger partial charge in [-0.1, -0.05) is 0 Å². The zero-order valence-corrected chi connectivity index (χ0v) is 11.1. The van der Waals surface area contributed by atoms with Gasteiger partial charge in [0.1, 0.15) is 0 Å². The largest absolute Gasteiger partial charge is 0.348 e. The number of carbonyl (C=O) groups is 1. The van der Waals surface area contributed by atoms with E-state index in [4.69, 9.17) is 0 Å². The topological polar surface area (TPSA) is 63.1 Å². The zero-order valence-electron chi connectivity index (χ0n) is 10.3. The standard InChI is InChI=1S/C12H17N3O2.ClH/c1-15-8-9(4-5-11(15)16)12(17)14-10-3-2-6-13-7-10;/h4-5,8,10,13H,2-3,6-7H2,1H3,(H,14,17);1H/t10-;/m0./s1. The first kappa shape index (κ1) is 14.7. The molecule has 1 fully saturated rings. The van der Waals surface area contributed by atoms with Crippen molar-refractivity contribution in [2.45, 2.75) is 18.9 Å². The van der Waals surface area contributed by atoms with Crippen LogP contribution in [-0.4, -0.2) is 29.6 Å². The van der Waals surface area contributed by atoms with Gasteiger partial charge >= 0.3 is 0 Å². The molecule has 1 amide bonds. The van der Waals surface area contributed by atoms with Gasteiger partial charge < -0.3 is 15.2 Å². The summed E-state index contributed by atoms with van der Waals surface area (Å²) in [6.45, 7) is 1.84. The summed E-state index contributed by atoms with van der Waals surface area (Å²) in [7, 11) is 1.64. The highest BCUT2D eigenvalue weighted by atomic mass is 35.5. The Morgan fingerprint density at radius 3 is 2.89 bits per heavy atom. The first-order chi connectivity index (χ1) is 8.16. The summed E-state index contributed by atoms with van der Waals surface area (Å²) < 4.78 is 1.41. The maximum atomic E-state index is 11.9. The Hall–Kier alpha value is -1.33. The fraction of sp³-hybridized carbons (Fsp3) is 0.500. The first-order valence-corrected chi connectivity index (χ1v) is 5.85. The van der Waals surface area contributed by atoms with Gasteiger partial charge in [-0.05, 0) is 25.5 Å². The number of carbonyl (C=O) groups excluding carboxylic acids is 1. The van der Waals surface area contributed by atoms with Crippen molar-refractivity contribution in [3.05, 3.63) is 34.2 Å². The van der Waals surface area contributed by atoms with Crippen LogP contribution in [0.3, 0.4) is 0 Å². The molecule has 2 heterocycles. The van der Waals surface area contributed by atoms with E-state index >= 15 is 0 Å². The maximum absolute atomic E-state index is 11.9. The number of halogens is 1. The van der Waals surface area contributed by atoms with Crippen LogP contribution in [0.15, 0.2) is 23.1 Å². The Morgan fingerprint density at radius 2 is 2.28 bits per heavy atom. The van der Waals surface area contributed by atoms with Crippen molar-refractivity contribution in [3.8, 4) is 0 Å². The highest BCUT2D eigenvalue weighted by molar-refractivity contribution is 5.94. The molecule has 1 atom stereocenters. The van der Waals surface area contributed by atoms with E-state index in [1.54, 1.807) is 19.3 Å². The van der Waals surface area contributed by atoms with Crippen LogP contribution >= 0.6 is 12.4 Å². The molecular weight excluding hydrogens is 254 g/mol. The van der Waals surface area contributed by atoms with E-state index < -0.39 is 0 Å². The molecule has 2 N–H and O–H groups in total. The molecule has 0 bridgehead atoms. The predicted octanol–water partition coefficient (Wildman–Crippen LogP) is 0.289. The molecule has 1 aromatic rings. The third kappa shape index (κ3) is 3.58. The fourth-order valence-electron chi connectivity index (χ4n) is 1.97. The number of piperidine rings is 1. The Morgan fingerprint density at radius 1 is 1.50 bits per heavy atom. The molecular formula is C12H18ClN3O2. The highest BCUT2D eigenvalue weighted by Crippen LogP contribution is 2.03. The van der Waals surface area contributed by atoms with Crippen LogP contribution in [0.4, 0.5) is 0 Å². The molecule has 0 spiro atoms. The van der Waals surface area contributed by atoms with Crippen molar-refractivity contribution >= 4 is 18.3 Å². The maximum Gasteiger partial charge on any atom is 0.253 e. The molecule has 1 aliphatic rings. The molecule has 1 saturated heterocycles. The number of aromatic nitrogens is 1. The molecule has 1 aromatic heterocycles. The van der Waals surface area contributed by atoms with Crippen molar-refractivity contribution in [2.24, 2.45) is 7.05 Å². The summed E-state index contributed by atoms with van der Waals surface area (Å²) in [5.74, 6) is -0.116. The van der Waals surface area contributed by atoms with E-state index in [1.165, 1.54) is 10.6 Å². The quantitative estimate of drug-likeness (QED) is 0.813. The molecule has 100 valence electrons. The van der Waals surface area contributed by atoms with Crippen LogP contribution in [-0.2, 0) is 7.05 Å². The van der Waals surface area contributed by atoms with Gasteiger partial charge in [0, 0.05) is 31.9 Å². The van der Waals surface area contributed by atoms with Crippen LogP contribution in [0.1, 0.15) is 23.2 Å². The normalized spacial score (nSPS) is 18.8.